The number of nitrogens with two attached hydrogens (primary N) is 1. The van der Waals surface area contributed by atoms with Crippen LogP contribution in [0.2, 0.25) is 0 Å². The number of carbonyl (C=O) groups excluding carboxylic acids is 1. The van der Waals surface area contributed by atoms with Crippen LogP contribution >= 0.6 is 12.4 Å². The first-order chi connectivity index (χ1) is 9.69. The van der Waals surface area contributed by atoms with Crippen LogP contribution in [0.4, 0.5) is 0 Å². The second-order valence-corrected chi connectivity index (χ2v) is 5.80. The molecule has 3 nitrogen and oxygen atoms in total. The second-order valence-electron chi connectivity index (χ2n) is 5.80. The first kappa shape index (κ1) is 18.0. The van der Waals surface area contributed by atoms with Crippen molar-refractivity contribution in [3.8, 4) is 0 Å². The predicted molar refractivity (Wildman–Crippen MR) is 89.7 cm³/mol. The highest BCUT2D eigenvalue weighted by Gasteiger charge is 2.35. The summed E-state index contributed by atoms with van der Waals surface area (Å²) in [6.45, 7) is 5.47. The van der Waals surface area contributed by atoms with E-state index in [1.54, 1.807) is 0 Å². The third-order valence-corrected chi connectivity index (χ3v) is 4.49. The monoisotopic (exact) mass is 310 g/mol. The molecule has 1 saturated heterocycles. The molecule has 1 fully saturated rings. The Kier molecular flexibility index (Phi) is 7.20. The number of carbonyl (C=O) groups is 1. The Labute approximate surface area is 134 Å². The van der Waals surface area contributed by atoms with Crippen molar-refractivity contribution in [3.05, 3.63) is 35.9 Å². The highest BCUT2D eigenvalue weighted by atomic mass is 35.5. The molecule has 21 heavy (non-hydrogen) atoms. The minimum atomic E-state index is -0.0659. The number of nitrogens with zero attached hydrogens (tertiary/aromatic N) is 1. The van der Waals surface area contributed by atoms with Gasteiger partial charge in [-0.05, 0) is 24.8 Å². The van der Waals surface area contributed by atoms with E-state index >= 15 is 0 Å². The van der Waals surface area contributed by atoms with Crippen molar-refractivity contribution in [3.63, 3.8) is 0 Å². The van der Waals surface area contributed by atoms with Gasteiger partial charge in [0.05, 0.1) is 0 Å². The van der Waals surface area contributed by atoms with Crippen molar-refractivity contribution in [2.24, 2.45) is 11.7 Å². The molecule has 0 aromatic heterocycles. The van der Waals surface area contributed by atoms with Crippen LogP contribution in [-0.2, 0) is 4.79 Å². The first-order valence-corrected chi connectivity index (χ1v) is 7.74. The molecule has 1 aliphatic rings. The van der Waals surface area contributed by atoms with Gasteiger partial charge in [-0.15, -0.1) is 12.4 Å². The Bertz CT molecular complexity index is 438. The largest absolute Gasteiger partial charge is 0.339 e. The maximum absolute atomic E-state index is 12.5. The second kappa shape index (κ2) is 8.40. The molecule has 0 saturated carbocycles. The van der Waals surface area contributed by atoms with Gasteiger partial charge in [0.1, 0.15) is 0 Å². The Balaban J connectivity index is 0.00000220. The molecule has 3 atom stereocenters. The standard InChI is InChI=1S/C17H26N2O.ClH/c1-3-15(14-8-5-4-6-9-14)16-10-7-11-19(16)17(20)13(2)12-18;/h4-6,8-9,13,15-16H,3,7,10-12,18H2,1-2H3;1H. The van der Waals surface area contributed by atoms with E-state index in [0.29, 0.717) is 18.5 Å². The molecule has 2 N–H and O–H groups in total. The van der Waals surface area contributed by atoms with Crippen LogP contribution in [0.3, 0.4) is 0 Å². The lowest BCUT2D eigenvalue weighted by atomic mass is 9.87. The van der Waals surface area contributed by atoms with Crippen molar-refractivity contribution in [2.75, 3.05) is 13.1 Å². The number of rotatable bonds is 5. The molecule has 118 valence electrons. The highest BCUT2D eigenvalue weighted by Crippen LogP contribution is 2.34. The van der Waals surface area contributed by atoms with Gasteiger partial charge in [0, 0.05) is 31.0 Å². The van der Waals surface area contributed by atoms with Crippen LogP contribution in [0, 0.1) is 5.92 Å². The predicted octanol–water partition coefficient (Wildman–Crippen LogP) is 3.19. The molecule has 1 heterocycles. The zero-order chi connectivity index (χ0) is 14.5. The van der Waals surface area contributed by atoms with Gasteiger partial charge >= 0.3 is 0 Å². The lowest BCUT2D eigenvalue weighted by Crippen LogP contribution is -2.43. The van der Waals surface area contributed by atoms with Gasteiger partial charge in [-0.2, -0.15) is 0 Å². The van der Waals surface area contributed by atoms with Crippen LogP contribution in [0.25, 0.3) is 0 Å². The number of halogens is 1. The maximum atomic E-state index is 12.5. The fourth-order valence-electron chi connectivity index (χ4n) is 3.30. The van der Waals surface area contributed by atoms with Crippen molar-refractivity contribution in [1.82, 2.24) is 4.90 Å². The third-order valence-electron chi connectivity index (χ3n) is 4.49. The van der Waals surface area contributed by atoms with E-state index in [-0.39, 0.29) is 24.2 Å². The summed E-state index contributed by atoms with van der Waals surface area (Å²) >= 11 is 0. The van der Waals surface area contributed by atoms with Gasteiger partial charge in [-0.25, -0.2) is 0 Å². The van der Waals surface area contributed by atoms with E-state index in [2.05, 4.69) is 36.1 Å². The van der Waals surface area contributed by atoms with Gasteiger partial charge in [-0.1, -0.05) is 44.2 Å². The first-order valence-electron chi connectivity index (χ1n) is 7.74. The molecule has 3 unspecified atom stereocenters. The van der Waals surface area contributed by atoms with Gasteiger partial charge < -0.3 is 10.6 Å². The fourth-order valence-corrected chi connectivity index (χ4v) is 3.30. The molecule has 4 heteroatoms. The SMILES string of the molecule is CCC(c1ccccc1)C1CCCN1C(=O)C(C)CN.Cl. The molecule has 0 aliphatic carbocycles. The zero-order valence-corrected chi connectivity index (χ0v) is 13.8. The summed E-state index contributed by atoms with van der Waals surface area (Å²) in [5.74, 6) is 0.598. The van der Waals surface area contributed by atoms with Crippen molar-refractivity contribution < 1.29 is 4.79 Å². The summed E-state index contributed by atoms with van der Waals surface area (Å²) in [5, 5.41) is 0. The van der Waals surface area contributed by atoms with E-state index in [0.717, 1.165) is 25.8 Å². The van der Waals surface area contributed by atoms with Crippen LogP contribution < -0.4 is 5.73 Å². The van der Waals surface area contributed by atoms with Crippen molar-refractivity contribution >= 4 is 18.3 Å². The molecule has 0 spiro atoms. The minimum absolute atomic E-state index is 0. The van der Waals surface area contributed by atoms with Gasteiger partial charge in [0.25, 0.3) is 0 Å². The average molecular weight is 311 g/mol. The van der Waals surface area contributed by atoms with Crippen molar-refractivity contribution in [1.29, 1.82) is 0 Å². The summed E-state index contributed by atoms with van der Waals surface area (Å²) in [6, 6.07) is 10.9. The zero-order valence-electron chi connectivity index (χ0n) is 13.0. The summed E-state index contributed by atoms with van der Waals surface area (Å²) in [4.78, 5) is 14.6. The quantitative estimate of drug-likeness (QED) is 0.908. The minimum Gasteiger partial charge on any atom is -0.339 e. The van der Waals surface area contributed by atoms with Gasteiger partial charge in [-0.3, -0.25) is 4.79 Å². The topological polar surface area (TPSA) is 46.3 Å². The van der Waals surface area contributed by atoms with E-state index in [4.69, 9.17) is 5.73 Å². The van der Waals surface area contributed by atoms with Gasteiger partial charge in [0.15, 0.2) is 0 Å². The Morgan fingerprint density at radius 3 is 2.62 bits per heavy atom. The fraction of sp³-hybridized carbons (Fsp3) is 0.588. The van der Waals surface area contributed by atoms with Crippen molar-refractivity contribution in [2.45, 2.75) is 45.1 Å². The Morgan fingerprint density at radius 2 is 2.05 bits per heavy atom. The number of likely N-dealkylation sites (tertiary alicyclic amines) is 1. The Morgan fingerprint density at radius 1 is 1.38 bits per heavy atom. The molecule has 1 amide bonds. The van der Waals surface area contributed by atoms with Crippen LogP contribution in [-0.4, -0.2) is 29.9 Å². The molecular formula is C17H27ClN2O. The summed E-state index contributed by atoms with van der Waals surface area (Å²) in [7, 11) is 0. The van der Waals surface area contributed by atoms with E-state index < -0.39 is 0 Å². The molecule has 0 radical (unpaired) electrons. The molecule has 0 bridgehead atoms. The number of amides is 1. The summed E-state index contributed by atoms with van der Waals surface area (Å²) in [6.07, 6.45) is 3.28. The molecule has 1 aromatic rings. The molecule has 1 aliphatic heterocycles. The molecule has 2 rings (SSSR count). The van der Waals surface area contributed by atoms with Gasteiger partial charge in [0.2, 0.25) is 5.91 Å². The molecular weight excluding hydrogens is 284 g/mol. The highest BCUT2D eigenvalue weighted by molar-refractivity contribution is 5.85. The van der Waals surface area contributed by atoms with E-state index in [1.165, 1.54) is 5.56 Å². The lowest BCUT2D eigenvalue weighted by molar-refractivity contribution is -0.135. The normalized spacial score (nSPS) is 20.7. The smallest absolute Gasteiger partial charge is 0.226 e. The molecule has 1 aromatic carbocycles. The average Bonchev–Trinajstić information content (AvgIpc) is 2.97. The maximum Gasteiger partial charge on any atom is 0.226 e. The van der Waals surface area contributed by atoms with E-state index in [9.17, 15) is 4.79 Å². The summed E-state index contributed by atoms with van der Waals surface area (Å²) < 4.78 is 0. The number of hydrogen-bond acceptors (Lipinski definition) is 2. The third kappa shape index (κ3) is 3.98. The van der Waals surface area contributed by atoms with Crippen LogP contribution in [0.1, 0.15) is 44.6 Å². The van der Waals surface area contributed by atoms with Crippen LogP contribution in [0.5, 0.6) is 0 Å². The summed E-state index contributed by atoms with van der Waals surface area (Å²) in [5.41, 5.74) is 7.01. The van der Waals surface area contributed by atoms with E-state index in [1.807, 2.05) is 13.0 Å². The van der Waals surface area contributed by atoms with Crippen LogP contribution in [0.15, 0.2) is 30.3 Å². The lowest BCUT2D eigenvalue weighted by Gasteiger charge is -2.33. The number of benzene rings is 1. The Hall–Kier alpha value is -1.06. The number of hydrogen-bond donors (Lipinski definition) is 1.